The Balaban J connectivity index is 1.26. The molecule has 0 radical (unpaired) electrons. The first-order chi connectivity index (χ1) is 18.6. The van der Waals surface area contributed by atoms with Gasteiger partial charge >= 0.3 is 0 Å². The van der Waals surface area contributed by atoms with Crippen molar-refractivity contribution in [1.82, 2.24) is 19.7 Å². The van der Waals surface area contributed by atoms with Crippen LogP contribution in [0.5, 0.6) is 11.5 Å². The zero-order chi connectivity index (χ0) is 26.3. The van der Waals surface area contributed by atoms with Crippen LogP contribution < -0.4 is 10.1 Å². The summed E-state index contributed by atoms with van der Waals surface area (Å²) < 4.78 is 21.4. The highest BCUT2D eigenvalue weighted by Gasteiger charge is 2.26. The molecule has 3 aromatic carbocycles. The highest BCUT2D eigenvalue weighted by molar-refractivity contribution is 7.99. The molecule has 1 atom stereocenters. The number of nitrogens with one attached hydrogen (secondary N) is 1. The molecule has 1 amide bonds. The first-order valence-corrected chi connectivity index (χ1v) is 13.8. The fourth-order valence-electron chi connectivity index (χ4n) is 4.51. The summed E-state index contributed by atoms with van der Waals surface area (Å²) in [5, 5.41) is 12.4. The van der Waals surface area contributed by atoms with Crippen molar-refractivity contribution in [3.05, 3.63) is 90.5 Å². The number of benzene rings is 3. The van der Waals surface area contributed by atoms with E-state index in [-0.39, 0.29) is 23.5 Å². The molecule has 0 bridgehead atoms. The first-order valence-electron chi connectivity index (χ1n) is 12.8. The number of hydrogen-bond acceptors (Lipinski definition) is 6. The Bertz CT molecular complexity index is 1340. The lowest BCUT2D eigenvalue weighted by Gasteiger charge is -2.31. The molecule has 0 spiro atoms. The number of para-hydroxylation sites is 1. The van der Waals surface area contributed by atoms with E-state index in [9.17, 15) is 9.18 Å². The van der Waals surface area contributed by atoms with Gasteiger partial charge in [0, 0.05) is 11.4 Å². The van der Waals surface area contributed by atoms with E-state index in [0.29, 0.717) is 16.6 Å². The van der Waals surface area contributed by atoms with Crippen LogP contribution in [0.25, 0.3) is 5.69 Å². The summed E-state index contributed by atoms with van der Waals surface area (Å²) in [5.41, 5.74) is 1.45. The van der Waals surface area contributed by atoms with Crippen molar-refractivity contribution in [1.29, 1.82) is 0 Å². The third-order valence-corrected chi connectivity index (χ3v) is 7.43. The van der Waals surface area contributed by atoms with E-state index in [0.717, 1.165) is 43.2 Å². The third kappa shape index (κ3) is 6.41. The van der Waals surface area contributed by atoms with E-state index in [1.54, 1.807) is 24.3 Å². The van der Waals surface area contributed by atoms with Crippen LogP contribution in [0.2, 0.25) is 0 Å². The van der Waals surface area contributed by atoms with E-state index in [4.69, 9.17) is 4.74 Å². The Labute approximate surface area is 226 Å². The maximum atomic E-state index is 13.7. The van der Waals surface area contributed by atoms with Crippen LogP contribution >= 0.6 is 11.8 Å². The number of hydrogen-bond donors (Lipinski definition) is 1. The molecular formula is C29H30FN5O2S. The number of anilines is 1. The van der Waals surface area contributed by atoms with Gasteiger partial charge in [-0.2, -0.15) is 0 Å². The smallest absolute Gasteiger partial charge is 0.234 e. The largest absolute Gasteiger partial charge is 0.457 e. The number of nitrogens with zero attached hydrogens (tertiary/aromatic N) is 4. The summed E-state index contributed by atoms with van der Waals surface area (Å²) in [6, 6.07) is 23.1. The van der Waals surface area contributed by atoms with Crippen molar-refractivity contribution in [2.75, 3.05) is 24.2 Å². The second-order valence-electron chi connectivity index (χ2n) is 9.20. The Morgan fingerprint density at radius 2 is 1.63 bits per heavy atom. The van der Waals surface area contributed by atoms with Gasteiger partial charge in [0.25, 0.3) is 0 Å². The van der Waals surface area contributed by atoms with Crippen molar-refractivity contribution >= 4 is 23.4 Å². The SMILES string of the molecule is CC(c1nnc(SCC(=O)Nc2ccc(Oc3ccccc3)cc2)n1-c1ccc(F)cc1)N1CCCCC1. The highest BCUT2D eigenvalue weighted by atomic mass is 32.2. The number of carbonyl (C=O) groups is 1. The van der Waals surface area contributed by atoms with Crippen molar-refractivity contribution in [2.45, 2.75) is 37.4 Å². The van der Waals surface area contributed by atoms with Gasteiger partial charge in [-0.15, -0.1) is 10.2 Å². The maximum absolute atomic E-state index is 13.7. The molecule has 38 heavy (non-hydrogen) atoms. The molecule has 1 aromatic heterocycles. The normalized spacial score (nSPS) is 14.7. The van der Waals surface area contributed by atoms with Gasteiger partial charge in [-0.3, -0.25) is 14.3 Å². The van der Waals surface area contributed by atoms with E-state index in [1.165, 1.54) is 30.3 Å². The number of likely N-dealkylation sites (tertiary alicyclic amines) is 1. The number of thioether (sulfide) groups is 1. The molecule has 1 fully saturated rings. The molecule has 0 saturated carbocycles. The molecule has 7 nitrogen and oxygen atoms in total. The molecule has 1 aliphatic rings. The summed E-state index contributed by atoms with van der Waals surface area (Å²) >= 11 is 1.30. The lowest BCUT2D eigenvalue weighted by molar-refractivity contribution is -0.113. The van der Waals surface area contributed by atoms with Gasteiger partial charge in [-0.05, 0) is 93.5 Å². The van der Waals surface area contributed by atoms with Crippen LogP contribution in [-0.4, -0.2) is 44.4 Å². The average molecular weight is 532 g/mol. The quantitative estimate of drug-likeness (QED) is 0.249. The van der Waals surface area contributed by atoms with Crippen molar-refractivity contribution in [3.8, 4) is 17.2 Å². The van der Waals surface area contributed by atoms with E-state index >= 15 is 0 Å². The average Bonchev–Trinajstić information content (AvgIpc) is 3.38. The second-order valence-corrected chi connectivity index (χ2v) is 10.1. The summed E-state index contributed by atoms with van der Waals surface area (Å²) in [7, 11) is 0. The lowest BCUT2D eigenvalue weighted by Crippen LogP contribution is -2.33. The molecule has 0 aliphatic carbocycles. The zero-order valence-electron chi connectivity index (χ0n) is 21.2. The molecule has 5 rings (SSSR count). The fourth-order valence-corrected chi connectivity index (χ4v) is 5.26. The maximum Gasteiger partial charge on any atom is 0.234 e. The number of rotatable bonds is 9. The Morgan fingerprint density at radius 1 is 0.947 bits per heavy atom. The van der Waals surface area contributed by atoms with Crippen LogP contribution in [0.15, 0.2) is 84.0 Å². The predicted molar refractivity (Wildman–Crippen MR) is 147 cm³/mol. The van der Waals surface area contributed by atoms with Crippen LogP contribution in [0, 0.1) is 5.82 Å². The zero-order valence-corrected chi connectivity index (χ0v) is 22.0. The monoisotopic (exact) mass is 531 g/mol. The fraction of sp³-hybridized carbons (Fsp3) is 0.276. The topological polar surface area (TPSA) is 72.3 Å². The van der Waals surface area contributed by atoms with Crippen LogP contribution in [0.1, 0.15) is 38.1 Å². The van der Waals surface area contributed by atoms with Crippen molar-refractivity contribution in [3.63, 3.8) is 0 Å². The van der Waals surface area contributed by atoms with Gasteiger partial charge in [0.15, 0.2) is 11.0 Å². The molecule has 4 aromatic rings. The Kier molecular flexibility index (Phi) is 8.35. The summed E-state index contributed by atoms with van der Waals surface area (Å²) in [4.78, 5) is 15.2. The number of amides is 1. The van der Waals surface area contributed by atoms with E-state index < -0.39 is 0 Å². The van der Waals surface area contributed by atoms with E-state index in [1.807, 2.05) is 47.0 Å². The summed E-state index contributed by atoms with van der Waals surface area (Å²) in [6.07, 6.45) is 3.57. The second kappa shape index (κ2) is 12.2. The summed E-state index contributed by atoms with van der Waals surface area (Å²) in [6.45, 7) is 4.15. The minimum absolute atomic E-state index is 0.0487. The molecule has 1 aliphatic heterocycles. The number of halogens is 1. The molecule has 1 saturated heterocycles. The molecule has 1 unspecified atom stereocenters. The van der Waals surface area contributed by atoms with Gasteiger partial charge in [0.1, 0.15) is 17.3 Å². The van der Waals surface area contributed by atoms with Gasteiger partial charge in [0.2, 0.25) is 5.91 Å². The molecular weight excluding hydrogens is 501 g/mol. The molecule has 1 N–H and O–H groups in total. The first kappa shape index (κ1) is 25.9. The number of ether oxygens (including phenoxy) is 1. The van der Waals surface area contributed by atoms with Crippen LogP contribution in [0.4, 0.5) is 10.1 Å². The van der Waals surface area contributed by atoms with Crippen LogP contribution in [0.3, 0.4) is 0 Å². The number of carbonyl (C=O) groups excluding carboxylic acids is 1. The van der Waals surface area contributed by atoms with Crippen molar-refractivity contribution in [2.24, 2.45) is 0 Å². The van der Waals surface area contributed by atoms with Gasteiger partial charge in [-0.1, -0.05) is 36.4 Å². The standard InChI is InChI=1S/C29H30FN5O2S/c1-21(34-18-6-3-7-19-34)28-32-33-29(35(28)24-14-10-22(30)11-15-24)38-20-27(36)31-23-12-16-26(17-13-23)37-25-8-4-2-5-9-25/h2,4-5,8-17,21H,3,6-7,18-20H2,1H3,(H,31,36). The third-order valence-electron chi connectivity index (χ3n) is 6.50. The van der Waals surface area contributed by atoms with Gasteiger partial charge in [0.05, 0.1) is 11.8 Å². The Morgan fingerprint density at radius 3 is 2.34 bits per heavy atom. The highest BCUT2D eigenvalue weighted by Crippen LogP contribution is 2.30. The number of piperidine rings is 1. The minimum atomic E-state index is -0.304. The molecule has 9 heteroatoms. The Hall–Kier alpha value is -3.69. The number of aromatic nitrogens is 3. The predicted octanol–water partition coefficient (Wildman–Crippen LogP) is 6.48. The van der Waals surface area contributed by atoms with Gasteiger partial charge < -0.3 is 10.1 Å². The molecule has 2 heterocycles. The van der Waals surface area contributed by atoms with Gasteiger partial charge in [-0.25, -0.2) is 4.39 Å². The molecule has 196 valence electrons. The summed E-state index contributed by atoms with van der Waals surface area (Å²) in [5.74, 6) is 1.91. The lowest BCUT2D eigenvalue weighted by atomic mass is 10.1. The van der Waals surface area contributed by atoms with Crippen molar-refractivity contribution < 1.29 is 13.9 Å². The minimum Gasteiger partial charge on any atom is -0.457 e. The van der Waals surface area contributed by atoms with E-state index in [2.05, 4.69) is 27.3 Å². The van der Waals surface area contributed by atoms with Crippen LogP contribution in [-0.2, 0) is 4.79 Å².